The largest absolute Gasteiger partial charge is 0.396 e. The van der Waals surface area contributed by atoms with Crippen molar-refractivity contribution in [2.24, 2.45) is 18.4 Å². The first-order chi connectivity index (χ1) is 9.43. The molecule has 1 heterocycles. The van der Waals surface area contributed by atoms with Crippen LogP contribution < -0.4 is 11.1 Å². The summed E-state index contributed by atoms with van der Waals surface area (Å²) in [4.78, 5) is 12.3. The molecule has 0 spiro atoms. The summed E-state index contributed by atoms with van der Waals surface area (Å²) >= 11 is 0. The predicted molar refractivity (Wildman–Crippen MR) is 80.3 cm³/mol. The van der Waals surface area contributed by atoms with Gasteiger partial charge in [0.05, 0.1) is 11.9 Å². The van der Waals surface area contributed by atoms with Crippen molar-refractivity contribution in [2.75, 3.05) is 12.3 Å². The maximum absolute atomic E-state index is 12.3. The molecule has 1 aromatic rings. The van der Waals surface area contributed by atoms with Gasteiger partial charge in [0.15, 0.2) is 0 Å². The quantitative estimate of drug-likeness (QED) is 0.868. The van der Waals surface area contributed by atoms with Gasteiger partial charge in [-0.25, -0.2) is 0 Å². The molecule has 0 radical (unpaired) electrons. The van der Waals surface area contributed by atoms with Gasteiger partial charge in [0.2, 0.25) is 0 Å². The molecule has 1 amide bonds. The number of hydrogen-bond donors (Lipinski definition) is 2. The Bertz CT molecular complexity index is 453. The van der Waals surface area contributed by atoms with E-state index in [-0.39, 0.29) is 11.3 Å². The summed E-state index contributed by atoms with van der Waals surface area (Å²) < 4.78 is 1.54. The SMILES string of the molecule is CC(C)CC1(CNC(=O)c2c(N)cnn2C)CCCC1. The summed E-state index contributed by atoms with van der Waals surface area (Å²) in [7, 11) is 1.74. The molecule has 0 bridgehead atoms. The fraction of sp³-hybridized carbons (Fsp3) is 0.733. The van der Waals surface area contributed by atoms with Gasteiger partial charge in [0.1, 0.15) is 5.69 Å². The number of hydrogen-bond acceptors (Lipinski definition) is 3. The maximum atomic E-state index is 12.3. The van der Waals surface area contributed by atoms with Gasteiger partial charge in [-0.15, -0.1) is 0 Å². The Balaban J connectivity index is 2.01. The molecule has 3 N–H and O–H groups in total. The monoisotopic (exact) mass is 278 g/mol. The van der Waals surface area contributed by atoms with Crippen LogP contribution in [0.15, 0.2) is 6.20 Å². The van der Waals surface area contributed by atoms with Gasteiger partial charge in [0.25, 0.3) is 5.91 Å². The van der Waals surface area contributed by atoms with Gasteiger partial charge < -0.3 is 11.1 Å². The van der Waals surface area contributed by atoms with Crippen LogP contribution >= 0.6 is 0 Å². The summed E-state index contributed by atoms with van der Waals surface area (Å²) in [6.45, 7) is 5.25. The van der Waals surface area contributed by atoms with E-state index in [1.54, 1.807) is 7.05 Å². The highest BCUT2D eigenvalue weighted by atomic mass is 16.2. The van der Waals surface area contributed by atoms with E-state index in [9.17, 15) is 4.79 Å². The lowest BCUT2D eigenvalue weighted by molar-refractivity contribution is 0.0913. The molecule has 5 heteroatoms. The van der Waals surface area contributed by atoms with Crippen LogP contribution in [0.4, 0.5) is 5.69 Å². The van der Waals surface area contributed by atoms with E-state index in [1.807, 2.05) is 0 Å². The van der Waals surface area contributed by atoms with Crippen molar-refractivity contribution in [3.63, 3.8) is 0 Å². The first kappa shape index (κ1) is 14.9. The van der Waals surface area contributed by atoms with Gasteiger partial charge in [0, 0.05) is 13.6 Å². The number of nitrogen functional groups attached to an aromatic ring is 1. The molecule has 2 rings (SSSR count). The molecule has 0 unspecified atom stereocenters. The Morgan fingerprint density at radius 1 is 1.50 bits per heavy atom. The van der Waals surface area contributed by atoms with Gasteiger partial charge in [-0.1, -0.05) is 26.7 Å². The highest BCUT2D eigenvalue weighted by Gasteiger charge is 2.35. The van der Waals surface area contributed by atoms with E-state index in [2.05, 4.69) is 24.3 Å². The summed E-state index contributed by atoms with van der Waals surface area (Å²) in [6, 6.07) is 0. The highest BCUT2D eigenvalue weighted by Crippen LogP contribution is 2.42. The number of nitrogens with one attached hydrogen (secondary N) is 1. The minimum Gasteiger partial charge on any atom is -0.396 e. The number of carbonyl (C=O) groups is 1. The van der Waals surface area contributed by atoms with E-state index < -0.39 is 0 Å². The third-order valence-corrected chi connectivity index (χ3v) is 4.31. The second-order valence-electron chi connectivity index (χ2n) is 6.56. The number of aryl methyl sites for hydroxylation is 1. The first-order valence-corrected chi connectivity index (χ1v) is 7.49. The second kappa shape index (κ2) is 5.85. The van der Waals surface area contributed by atoms with Crippen LogP contribution in [0.2, 0.25) is 0 Å². The van der Waals surface area contributed by atoms with Crippen LogP contribution in [0.5, 0.6) is 0 Å². The molecule has 0 saturated heterocycles. The van der Waals surface area contributed by atoms with Crippen molar-refractivity contribution < 1.29 is 4.79 Å². The van der Waals surface area contributed by atoms with E-state index in [1.165, 1.54) is 43.0 Å². The lowest BCUT2D eigenvalue weighted by Gasteiger charge is -2.31. The average Bonchev–Trinajstić information content (AvgIpc) is 2.94. The Morgan fingerprint density at radius 2 is 2.15 bits per heavy atom. The number of nitrogens with two attached hydrogens (primary N) is 1. The van der Waals surface area contributed by atoms with Gasteiger partial charge in [-0.3, -0.25) is 9.48 Å². The van der Waals surface area contributed by atoms with Gasteiger partial charge in [-0.2, -0.15) is 5.10 Å². The third kappa shape index (κ3) is 3.14. The molecule has 5 nitrogen and oxygen atoms in total. The van der Waals surface area contributed by atoms with Crippen LogP contribution in [-0.2, 0) is 7.05 Å². The van der Waals surface area contributed by atoms with E-state index >= 15 is 0 Å². The molecular weight excluding hydrogens is 252 g/mol. The van der Waals surface area contributed by atoms with Gasteiger partial charge in [-0.05, 0) is 30.6 Å². The van der Waals surface area contributed by atoms with Crippen LogP contribution in [0.25, 0.3) is 0 Å². The summed E-state index contributed by atoms with van der Waals surface area (Å²) in [6.07, 6.45) is 7.67. The minimum atomic E-state index is -0.113. The lowest BCUT2D eigenvalue weighted by atomic mass is 9.78. The minimum absolute atomic E-state index is 0.113. The highest BCUT2D eigenvalue weighted by molar-refractivity contribution is 5.97. The molecule has 1 aliphatic rings. The van der Waals surface area contributed by atoms with E-state index in [0.29, 0.717) is 17.3 Å². The number of nitrogens with zero attached hydrogens (tertiary/aromatic N) is 2. The Labute approximate surface area is 120 Å². The zero-order valence-corrected chi connectivity index (χ0v) is 12.8. The number of rotatable bonds is 5. The molecule has 1 saturated carbocycles. The van der Waals surface area contributed by atoms with Crippen molar-refractivity contribution in [3.8, 4) is 0 Å². The molecule has 1 aliphatic carbocycles. The van der Waals surface area contributed by atoms with Crippen LogP contribution in [0, 0.1) is 11.3 Å². The van der Waals surface area contributed by atoms with Crippen LogP contribution in [0.1, 0.15) is 56.4 Å². The van der Waals surface area contributed by atoms with E-state index in [0.717, 1.165) is 6.54 Å². The van der Waals surface area contributed by atoms with Crippen LogP contribution in [-0.4, -0.2) is 22.2 Å². The standard InChI is InChI=1S/C15H26N4O/c1-11(2)8-15(6-4-5-7-15)10-17-14(20)13-12(16)9-18-19(13)3/h9,11H,4-8,10,16H2,1-3H3,(H,17,20). The van der Waals surface area contributed by atoms with Crippen LogP contribution in [0.3, 0.4) is 0 Å². The average molecular weight is 278 g/mol. The summed E-state index contributed by atoms with van der Waals surface area (Å²) in [5, 5.41) is 7.09. The lowest BCUT2D eigenvalue weighted by Crippen LogP contribution is -2.37. The first-order valence-electron chi connectivity index (χ1n) is 7.49. The Hall–Kier alpha value is -1.52. The molecule has 1 fully saturated rings. The number of aromatic nitrogens is 2. The van der Waals surface area contributed by atoms with Gasteiger partial charge >= 0.3 is 0 Å². The molecule has 0 atom stereocenters. The Kier molecular flexibility index (Phi) is 4.35. The van der Waals surface area contributed by atoms with Crippen molar-refractivity contribution in [1.29, 1.82) is 0 Å². The molecule has 0 aliphatic heterocycles. The molecule has 1 aromatic heterocycles. The number of anilines is 1. The molecular formula is C15H26N4O. The zero-order valence-electron chi connectivity index (χ0n) is 12.8. The smallest absolute Gasteiger partial charge is 0.271 e. The van der Waals surface area contributed by atoms with Crippen molar-refractivity contribution in [2.45, 2.75) is 46.0 Å². The molecule has 0 aromatic carbocycles. The topological polar surface area (TPSA) is 72.9 Å². The van der Waals surface area contributed by atoms with Crippen molar-refractivity contribution >= 4 is 11.6 Å². The third-order valence-electron chi connectivity index (χ3n) is 4.31. The summed E-state index contributed by atoms with van der Waals surface area (Å²) in [5.41, 5.74) is 6.97. The number of carbonyl (C=O) groups excluding carboxylic acids is 1. The zero-order chi connectivity index (χ0) is 14.8. The Morgan fingerprint density at radius 3 is 2.65 bits per heavy atom. The van der Waals surface area contributed by atoms with Crippen molar-refractivity contribution in [1.82, 2.24) is 15.1 Å². The van der Waals surface area contributed by atoms with E-state index in [4.69, 9.17) is 5.73 Å². The normalized spacial score (nSPS) is 17.6. The fourth-order valence-corrected chi connectivity index (χ4v) is 3.53. The fourth-order valence-electron chi connectivity index (χ4n) is 3.53. The van der Waals surface area contributed by atoms with Crippen molar-refractivity contribution in [3.05, 3.63) is 11.9 Å². The second-order valence-corrected chi connectivity index (χ2v) is 6.56. The molecule has 20 heavy (non-hydrogen) atoms. The predicted octanol–water partition coefficient (Wildman–Crippen LogP) is 2.34. The summed E-state index contributed by atoms with van der Waals surface area (Å²) in [5.74, 6) is 0.546. The maximum Gasteiger partial charge on any atom is 0.271 e. The number of amides is 1. The molecule has 112 valence electrons.